The lowest BCUT2D eigenvalue weighted by Crippen LogP contribution is -2.12. The number of carboxylic acids is 1. The van der Waals surface area contributed by atoms with Gasteiger partial charge in [0.1, 0.15) is 12.0 Å². The molecule has 0 aliphatic heterocycles. The third kappa shape index (κ3) is 3.09. The van der Waals surface area contributed by atoms with Gasteiger partial charge in [0, 0.05) is 17.4 Å². The van der Waals surface area contributed by atoms with Gasteiger partial charge < -0.3 is 10.1 Å². The zero-order valence-corrected chi connectivity index (χ0v) is 14.0. The van der Waals surface area contributed by atoms with Crippen molar-refractivity contribution in [2.24, 2.45) is 0 Å². The number of fused-ring (bicyclic) bond motifs is 1. The van der Waals surface area contributed by atoms with Crippen LogP contribution in [0.4, 0.5) is 5.69 Å². The van der Waals surface area contributed by atoms with Crippen LogP contribution in [0.2, 0.25) is 0 Å². The van der Waals surface area contributed by atoms with Crippen LogP contribution in [0.1, 0.15) is 17.3 Å². The van der Waals surface area contributed by atoms with Crippen LogP contribution in [-0.4, -0.2) is 34.4 Å². The normalized spacial score (nSPS) is 11.4. The van der Waals surface area contributed by atoms with E-state index in [1.54, 1.807) is 24.3 Å². The monoisotopic (exact) mass is 358 g/mol. The quantitative estimate of drug-likeness (QED) is 0.644. The summed E-state index contributed by atoms with van der Waals surface area (Å²) in [5.74, 6) is -1.11. The molecule has 0 aliphatic carbocycles. The Kier molecular flexibility index (Phi) is 4.01. The van der Waals surface area contributed by atoms with Crippen molar-refractivity contribution in [3.63, 3.8) is 0 Å². The van der Waals surface area contributed by atoms with Crippen LogP contribution in [-0.2, 0) is 10.0 Å². The summed E-state index contributed by atoms with van der Waals surface area (Å²) in [6.45, 7) is 4.82. The fourth-order valence-corrected chi connectivity index (χ4v) is 2.93. The van der Waals surface area contributed by atoms with Crippen molar-refractivity contribution in [1.29, 1.82) is 0 Å². The van der Waals surface area contributed by atoms with Crippen molar-refractivity contribution in [3.8, 4) is 11.3 Å². The molecule has 0 saturated heterocycles. The number of benzene rings is 1. The van der Waals surface area contributed by atoms with E-state index in [0.29, 0.717) is 28.0 Å². The third-order valence-corrected chi connectivity index (χ3v) is 4.97. The highest BCUT2D eigenvalue weighted by Gasteiger charge is 2.18. The van der Waals surface area contributed by atoms with E-state index in [4.69, 9.17) is 0 Å². The Morgan fingerprint density at radius 1 is 1.32 bits per heavy atom. The van der Waals surface area contributed by atoms with E-state index in [0.717, 1.165) is 0 Å². The molecule has 0 unspecified atom stereocenters. The first kappa shape index (κ1) is 16.7. The zero-order valence-electron chi connectivity index (χ0n) is 13.1. The number of carboxylic acid groups (broad SMARTS) is 1. The minimum atomic E-state index is -3.68. The fourth-order valence-electron chi connectivity index (χ4n) is 2.32. The summed E-state index contributed by atoms with van der Waals surface area (Å²) >= 11 is 0. The first-order valence-corrected chi connectivity index (χ1v) is 8.62. The molecule has 128 valence electrons. The molecule has 0 atom stereocenters. The van der Waals surface area contributed by atoms with Crippen LogP contribution in [0.25, 0.3) is 22.3 Å². The maximum absolute atomic E-state index is 11.9. The summed E-state index contributed by atoms with van der Waals surface area (Å²) in [5.41, 5.74) is 1.69. The molecule has 3 N–H and O–H groups in total. The van der Waals surface area contributed by atoms with Gasteiger partial charge in [-0.25, -0.2) is 23.2 Å². The largest absolute Gasteiger partial charge is 0.478 e. The molecule has 0 saturated carbocycles. The number of anilines is 1. The Morgan fingerprint density at radius 3 is 2.76 bits per heavy atom. The van der Waals surface area contributed by atoms with Crippen LogP contribution in [0, 0.1) is 0 Å². The second-order valence-electron chi connectivity index (χ2n) is 5.34. The molecule has 0 bridgehead atoms. The van der Waals surface area contributed by atoms with E-state index in [9.17, 15) is 18.3 Å². The second-order valence-corrected chi connectivity index (χ2v) is 7.25. The van der Waals surface area contributed by atoms with Gasteiger partial charge in [0.05, 0.1) is 21.5 Å². The number of rotatable bonds is 5. The summed E-state index contributed by atoms with van der Waals surface area (Å²) in [6.07, 6.45) is 2.66. The van der Waals surface area contributed by atoms with Crippen molar-refractivity contribution in [2.45, 2.75) is 6.92 Å². The maximum atomic E-state index is 11.9. The minimum absolute atomic E-state index is 0.0128. The molecule has 0 aliphatic rings. The Hall–Kier alpha value is -3.20. The number of nitrogens with one attached hydrogen (secondary N) is 2. The van der Waals surface area contributed by atoms with Gasteiger partial charge in [0.2, 0.25) is 0 Å². The Labute approximate surface area is 143 Å². The van der Waals surface area contributed by atoms with E-state index in [-0.39, 0.29) is 10.5 Å². The maximum Gasteiger partial charge on any atom is 0.338 e. The van der Waals surface area contributed by atoms with Crippen molar-refractivity contribution < 1.29 is 18.3 Å². The molecule has 3 aromatic rings. The van der Waals surface area contributed by atoms with Crippen molar-refractivity contribution >= 4 is 32.7 Å². The number of sulfonamides is 1. The molecule has 25 heavy (non-hydrogen) atoms. The van der Waals surface area contributed by atoms with Gasteiger partial charge in [-0.3, -0.25) is 4.72 Å². The smallest absolute Gasteiger partial charge is 0.338 e. The molecule has 8 nitrogen and oxygen atoms in total. The Balaban J connectivity index is 2.14. The average Bonchev–Trinajstić information content (AvgIpc) is 2.98. The average molecular weight is 358 g/mol. The van der Waals surface area contributed by atoms with Gasteiger partial charge in [-0.15, -0.1) is 0 Å². The van der Waals surface area contributed by atoms with E-state index in [1.807, 2.05) is 0 Å². The molecule has 2 aromatic heterocycles. The summed E-state index contributed by atoms with van der Waals surface area (Å²) in [5, 5.41) is 9.69. The van der Waals surface area contributed by atoms with E-state index >= 15 is 0 Å². The van der Waals surface area contributed by atoms with E-state index in [2.05, 4.69) is 26.3 Å². The van der Waals surface area contributed by atoms with Gasteiger partial charge in [0.15, 0.2) is 0 Å². The van der Waals surface area contributed by atoms with Crippen LogP contribution in [0.3, 0.4) is 0 Å². The van der Waals surface area contributed by atoms with Crippen LogP contribution in [0.15, 0.2) is 48.3 Å². The molecule has 0 amide bonds. The summed E-state index contributed by atoms with van der Waals surface area (Å²) in [7, 11) is -3.68. The zero-order chi connectivity index (χ0) is 18.2. The van der Waals surface area contributed by atoms with Gasteiger partial charge in [0.25, 0.3) is 10.0 Å². The molecule has 0 radical (unpaired) electrons. The van der Waals surface area contributed by atoms with Crippen LogP contribution in [0.5, 0.6) is 0 Å². The first-order chi connectivity index (χ1) is 11.8. The number of aromatic carboxylic acids is 1. The number of aromatic amines is 1. The van der Waals surface area contributed by atoms with Crippen LogP contribution < -0.4 is 4.72 Å². The fraction of sp³-hybridized carbons (Fsp3) is 0.0625. The minimum Gasteiger partial charge on any atom is -0.478 e. The highest BCUT2D eigenvalue weighted by atomic mass is 32.2. The van der Waals surface area contributed by atoms with E-state index in [1.165, 1.54) is 19.4 Å². The van der Waals surface area contributed by atoms with E-state index < -0.39 is 16.0 Å². The number of aromatic nitrogens is 3. The highest BCUT2D eigenvalue weighted by Crippen LogP contribution is 2.30. The van der Waals surface area contributed by atoms with Crippen molar-refractivity contribution in [1.82, 2.24) is 15.0 Å². The molecule has 3 rings (SSSR count). The lowest BCUT2D eigenvalue weighted by Gasteiger charge is -2.09. The summed E-state index contributed by atoms with van der Waals surface area (Å²) in [6, 6.07) is 6.50. The lowest BCUT2D eigenvalue weighted by atomic mass is 10.1. The molecular formula is C16H14N4O4S. The molecule has 1 aromatic carbocycles. The third-order valence-electron chi connectivity index (χ3n) is 3.55. The van der Waals surface area contributed by atoms with Gasteiger partial charge in [-0.2, -0.15) is 0 Å². The molecule has 0 fully saturated rings. The number of hydrogen-bond donors (Lipinski definition) is 3. The Bertz CT molecular complexity index is 1100. The first-order valence-electron chi connectivity index (χ1n) is 7.14. The van der Waals surface area contributed by atoms with Crippen molar-refractivity contribution in [2.75, 3.05) is 4.72 Å². The second kappa shape index (κ2) is 6.02. The lowest BCUT2D eigenvalue weighted by molar-refractivity contribution is 0.0699. The van der Waals surface area contributed by atoms with Gasteiger partial charge in [-0.05, 0) is 19.1 Å². The standard InChI is InChI=1S/C16H14N4O4S/c1-9(2)25(23,24)20-11-5-3-4-10(6-11)14-13-12(16(21)22)7-17-15(13)19-8-18-14/h3-8,20H,1H2,2H3,(H,21,22)(H,17,18,19). The summed E-state index contributed by atoms with van der Waals surface area (Å²) in [4.78, 5) is 22.4. The van der Waals surface area contributed by atoms with Crippen LogP contribution >= 0.6 is 0 Å². The Morgan fingerprint density at radius 2 is 2.08 bits per heavy atom. The topological polar surface area (TPSA) is 125 Å². The van der Waals surface area contributed by atoms with Gasteiger partial charge in [-0.1, -0.05) is 18.7 Å². The predicted molar refractivity (Wildman–Crippen MR) is 93.6 cm³/mol. The molecule has 2 heterocycles. The number of hydrogen-bond acceptors (Lipinski definition) is 5. The predicted octanol–water partition coefficient (Wildman–Crippen LogP) is 2.60. The molecule has 9 heteroatoms. The number of allylic oxidation sites excluding steroid dienone is 1. The molecular weight excluding hydrogens is 344 g/mol. The highest BCUT2D eigenvalue weighted by molar-refractivity contribution is 7.96. The SMILES string of the molecule is C=C(C)S(=O)(=O)Nc1cccc(-c2ncnc3[nH]cc(C(=O)O)c23)c1. The van der Waals surface area contributed by atoms with Crippen molar-refractivity contribution in [3.05, 3.63) is 53.8 Å². The molecule has 0 spiro atoms. The van der Waals surface area contributed by atoms with Gasteiger partial charge >= 0.3 is 5.97 Å². The number of H-pyrrole nitrogens is 1. The number of carbonyl (C=O) groups is 1. The summed E-state index contributed by atoms with van der Waals surface area (Å²) < 4.78 is 26.3. The number of nitrogens with zero attached hydrogens (tertiary/aromatic N) is 2.